The van der Waals surface area contributed by atoms with E-state index in [1.807, 2.05) is 0 Å². The normalized spacial score (nSPS) is 26.7. The lowest BCUT2D eigenvalue weighted by Gasteiger charge is -2.22. The second kappa shape index (κ2) is 4.66. The van der Waals surface area contributed by atoms with Crippen molar-refractivity contribution < 1.29 is 0 Å². The van der Waals surface area contributed by atoms with Crippen molar-refractivity contribution in [3.63, 3.8) is 0 Å². The van der Waals surface area contributed by atoms with Gasteiger partial charge in [0.05, 0.1) is 6.17 Å². The summed E-state index contributed by atoms with van der Waals surface area (Å²) in [5.41, 5.74) is 5.34. The fraction of sp³-hybridized carbons (Fsp3) is 1.00. The molecule has 1 rings (SSSR count). The first-order valence-corrected chi connectivity index (χ1v) is 4.03. The first-order chi connectivity index (χ1) is 4.93. The van der Waals surface area contributed by atoms with Crippen LogP contribution in [0, 0.1) is 0 Å². The van der Waals surface area contributed by atoms with Gasteiger partial charge in [0.2, 0.25) is 0 Å². The highest BCUT2D eigenvalue weighted by Crippen LogP contribution is 2.05. The summed E-state index contributed by atoms with van der Waals surface area (Å²) in [6.45, 7) is 2.64. The molecular formula is C7H16N3. The molecule has 3 heteroatoms. The summed E-state index contributed by atoms with van der Waals surface area (Å²) in [4.78, 5) is 0. The van der Waals surface area contributed by atoms with Gasteiger partial charge in [-0.05, 0) is 19.3 Å². The molecule has 0 bridgehead atoms. The molecule has 0 saturated carbocycles. The summed E-state index contributed by atoms with van der Waals surface area (Å²) in [6.07, 6.45) is 4.17. The van der Waals surface area contributed by atoms with Crippen LogP contribution in [0.1, 0.15) is 19.3 Å². The van der Waals surface area contributed by atoms with E-state index in [1.165, 1.54) is 19.3 Å². The van der Waals surface area contributed by atoms with Gasteiger partial charge in [-0.15, -0.1) is 0 Å². The van der Waals surface area contributed by atoms with E-state index in [9.17, 15) is 0 Å². The minimum Gasteiger partial charge on any atom is -0.329 e. The highest BCUT2D eigenvalue weighted by atomic mass is 15.1. The van der Waals surface area contributed by atoms with Crippen molar-refractivity contribution >= 4 is 0 Å². The minimum absolute atomic E-state index is 0.400. The maximum Gasteiger partial charge on any atom is 0.0736 e. The molecule has 3 nitrogen and oxygen atoms in total. The van der Waals surface area contributed by atoms with Crippen LogP contribution >= 0.6 is 0 Å². The van der Waals surface area contributed by atoms with Crippen molar-refractivity contribution in [2.24, 2.45) is 5.73 Å². The van der Waals surface area contributed by atoms with Crippen molar-refractivity contribution in [3.8, 4) is 0 Å². The van der Waals surface area contributed by atoms with Crippen molar-refractivity contribution in [1.29, 1.82) is 0 Å². The number of hydrogen-bond donors (Lipinski definition) is 2. The van der Waals surface area contributed by atoms with E-state index in [2.05, 4.69) is 10.6 Å². The van der Waals surface area contributed by atoms with Gasteiger partial charge in [0, 0.05) is 19.6 Å². The molecule has 3 N–H and O–H groups in total. The second-order valence-electron chi connectivity index (χ2n) is 2.66. The van der Waals surface area contributed by atoms with Crippen LogP contribution in [0.2, 0.25) is 0 Å². The molecule has 1 heterocycles. The van der Waals surface area contributed by atoms with Crippen LogP contribution in [0.5, 0.6) is 0 Å². The fourth-order valence-electron chi connectivity index (χ4n) is 1.20. The van der Waals surface area contributed by atoms with Crippen LogP contribution in [-0.4, -0.2) is 25.8 Å². The fourth-order valence-corrected chi connectivity index (χ4v) is 1.20. The molecular weight excluding hydrogens is 126 g/mol. The molecule has 1 radical (unpaired) electrons. The molecule has 0 aromatic rings. The quantitative estimate of drug-likeness (QED) is 0.566. The van der Waals surface area contributed by atoms with Gasteiger partial charge < -0.3 is 5.73 Å². The molecule has 10 heavy (non-hydrogen) atoms. The third kappa shape index (κ3) is 2.64. The van der Waals surface area contributed by atoms with Crippen LogP contribution in [0.3, 0.4) is 0 Å². The number of rotatable bonds is 3. The molecule has 0 aromatic heterocycles. The molecule has 1 aliphatic heterocycles. The number of nitrogens with one attached hydrogen (secondary N) is 1. The molecule has 1 atom stereocenters. The molecule has 0 aliphatic carbocycles. The zero-order chi connectivity index (χ0) is 7.23. The maximum absolute atomic E-state index is 5.34. The Hall–Kier alpha value is -0.120. The summed E-state index contributed by atoms with van der Waals surface area (Å²) in [5, 5.41) is 7.68. The molecule has 59 valence electrons. The lowest BCUT2D eigenvalue weighted by atomic mass is 10.1. The number of nitrogens with zero attached hydrogens (tertiary/aromatic N) is 1. The summed E-state index contributed by atoms with van der Waals surface area (Å²) in [5.74, 6) is 0. The van der Waals surface area contributed by atoms with E-state index in [1.54, 1.807) is 0 Å². The van der Waals surface area contributed by atoms with Crippen molar-refractivity contribution in [2.45, 2.75) is 25.4 Å². The standard InChI is InChI=1S/C7H16N3/c8-4-6-10-7-3-1-2-5-9-7/h7,10H,1-6,8H2. The van der Waals surface area contributed by atoms with E-state index in [4.69, 9.17) is 5.73 Å². The third-order valence-corrected chi connectivity index (χ3v) is 1.76. The zero-order valence-electron chi connectivity index (χ0n) is 6.34. The Bertz CT molecular complexity index is 78.9. The topological polar surface area (TPSA) is 52.1 Å². The van der Waals surface area contributed by atoms with Crippen LogP contribution in [0.25, 0.3) is 0 Å². The first-order valence-electron chi connectivity index (χ1n) is 4.03. The Balaban J connectivity index is 2.02. The highest BCUT2D eigenvalue weighted by molar-refractivity contribution is 4.69. The van der Waals surface area contributed by atoms with Gasteiger partial charge in [-0.25, -0.2) is 5.32 Å². The van der Waals surface area contributed by atoms with E-state index >= 15 is 0 Å². The summed E-state index contributed by atoms with van der Waals surface area (Å²) in [6, 6.07) is 0. The van der Waals surface area contributed by atoms with Crippen molar-refractivity contribution in [3.05, 3.63) is 0 Å². The first kappa shape index (κ1) is 7.98. The van der Waals surface area contributed by atoms with E-state index in [0.717, 1.165) is 13.1 Å². The van der Waals surface area contributed by atoms with E-state index < -0.39 is 0 Å². The average molecular weight is 142 g/mol. The summed E-state index contributed by atoms with van der Waals surface area (Å²) >= 11 is 0. The molecule has 1 fully saturated rings. The number of piperidine rings is 1. The predicted molar refractivity (Wildman–Crippen MR) is 41.7 cm³/mol. The molecule has 1 unspecified atom stereocenters. The highest BCUT2D eigenvalue weighted by Gasteiger charge is 2.11. The third-order valence-electron chi connectivity index (χ3n) is 1.76. The van der Waals surface area contributed by atoms with Gasteiger partial charge in [-0.1, -0.05) is 0 Å². The molecule has 1 saturated heterocycles. The largest absolute Gasteiger partial charge is 0.329 e. The van der Waals surface area contributed by atoms with Gasteiger partial charge in [0.15, 0.2) is 0 Å². The lowest BCUT2D eigenvalue weighted by molar-refractivity contribution is 0.340. The smallest absolute Gasteiger partial charge is 0.0736 e. The van der Waals surface area contributed by atoms with Crippen LogP contribution in [0.4, 0.5) is 0 Å². The predicted octanol–water partition coefficient (Wildman–Crippen LogP) is -0.351. The molecule has 0 spiro atoms. The van der Waals surface area contributed by atoms with Crippen molar-refractivity contribution in [2.75, 3.05) is 19.6 Å². The Morgan fingerprint density at radius 1 is 1.50 bits per heavy atom. The Kier molecular flexibility index (Phi) is 3.72. The van der Waals surface area contributed by atoms with E-state index in [0.29, 0.717) is 12.7 Å². The Labute approximate surface area is 62.4 Å². The van der Waals surface area contributed by atoms with Crippen LogP contribution < -0.4 is 16.4 Å². The zero-order valence-corrected chi connectivity index (χ0v) is 6.34. The van der Waals surface area contributed by atoms with Gasteiger partial charge in [-0.2, -0.15) is 0 Å². The average Bonchev–Trinajstić information content (AvgIpc) is 2.03. The van der Waals surface area contributed by atoms with Gasteiger partial charge in [-0.3, -0.25) is 5.32 Å². The van der Waals surface area contributed by atoms with Gasteiger partial charge in [0.1, 0.15) is 0 Å². The summed E-state index contributed by atoms with van der Waals surface area (Å²) in [7, 11) is 0. The number of nitrogens with two attached hydrogens (primary N) is 1. The second-order valence-corrected chi connectivity index (χ2v) is 2.66. The molecule has 1 aliphatic rings. The molecule has 0 aromatic carbocycles. The monoisotopic (exact) mass is 142 g/mol. The molecule has 0 amide bonds. The van der Waals surface area contributed by atoms with Gasteiger partial charge >= 0.3 is 0 Å². The maximum atomic E-state index is 5.34. The van der Waals surface area contributed by atoms with Crippen LogP contribution in [0.15, 0.2) is 0 Å². The Morgan fingerprint density at radius 2 is 2.40 bits per heavy atom. The lowest BCUT2D eigenvalue weighted by Crippen LogP contribution is -2.42. The summed E-state index contributed by atoms with van der Waals surface area (Å²) < 4.78 is 0. The Morgan fingerprint density at radius 3 is 3.00 bits per heavy atom. The van der Waals surface area contributed by atoms with E-state index in [-0.39, 0.29) is 0 Å². The van der Waals surface area contributed by atoms with Gasteiger partial charge in [0.25, 0.3) is 0 Å². The SMILES string of the molecule is NCCNC1CCCC[N]1. The van der Waals surface area contributed by atoms with Crippen molar-refractivity contribution in [1.82, 2.24) is 10.6 Å². The van der Waals surface area contributed by atoms with Crippen LogP contribution in [-0.2, 0) is 0 Å². The minimum atomic E-state index is 0.400. The number of hydrogen-bond acceptors (Lipinski definition) is 2.